The molecule has 0 bridgehead atoms. The van der Waals surface area contributed by atoms with E-state index in [9.17, 15) is 4.39 Å². The number of halogens is 2. The quantitative estimate of drug-likeness (QED) is 0.809. The molecule has 18 heavy (non-hydrogen) atoms. The number of rotatable bonds is 4. The van der Waals surface area contributed by atoms with Crippen molar-refractivity contribution in [2.24, 2.45) is 0 Å². The van der Waals surface area contributed by atoms with Gasteiger partial charge in [-0.15, -0.1) is 0 Å². The van der Waals surface area contributed by atoms with Crippen molar-refractivity contribution in [1.82, 2.24) is 4.98 Å². The van der Waals surface area contributed by atoms with Gasteiger partial charge in [0.15, 0.2) is 11.6 Å². The fraction of sp³-hybridized carbons (Fsp3) is 0.154. The molecule has 0 atom stereocenters. The second kappa shape index (κ2) is 5.82. The lowest BCUT2D eigenvalue weighted by Gasteiger charge is -2.08. The fourth-order valence-corrected chi connectivity index (χ4v) is 1.71. The van der Waals surface area contributed by atoms with Crippen molar-refractivity contribution in [2.75, 3.05) is 7.11 Å². The average molecular weight is 312 g/mol. The Bertz CT molecular complexity index is 531. The van der Waals surface area contributed by atoms with Crippen molar-refractivity contribution >= 4 is 15.9 Å². The Kier molecular flexibility index (Phi) is 4.15. The third-order valence-electron chi connectivity index (χ3n) is 2.36. The number of ether oxygens (including phenoxy) is 2. The molecule has 0 N–H and O–H groups in total. The van der Waals surface area contributed by atoms with E-state index in [4.69, 9.17) is 9.47 Å². The van der Waals surface area contributed by atoms with E-state index in [0.717, 1.165) is 11.3 Å². The van der Waals surface area contributed by atoms with Crippen molar-refractivity contribution in [3.8, 4) is 11.5 Å². The fourth-order valence-electron chi connectivity index (χ4n) is 1.40. The molecular weight excluding hydrogens is 301 g/mol. The van der Waals surface area contributed by atoms with Crippen LogP contribution in [0.4, 0.5) is 4.39 Å². The third kappa shape index (κ3) is 2.98. The second-order valence-corrected chi connectivity index (χ2v) is 4.30. The maximum atomic E-state index is 13.6. The van der Waals surface area contributed by atoms with E-state index < -0.39 is 5.82 Å². The van der Waals surface area contributed by atoms with E-state index in [1.54, 1.807) is 7.11 Å². The van der Waals surface area contributed by atoms with Crippen LogP contribution in [0.5, 0.6) is 11.5 Å². The van der Waals surface area contributed by atoms with Crippen LogP contribution in [0.15, 0.2) is 41.1 Å². The van der Waals surface area contributed by atoms with Gasteiger partial charge in [0, 0.05) is 12.3 Å². The van der Waals surface area contributed by atoms with Crippen LogP contribution in [0, 0.1) is 5.82 Å². The summed E-state index contributed by atoms with van der Waals surface area (Å²) < 4.78 is 24.2. The summed E-state index contributed by atoms with van der Waals surface area (Å²) in [5.74, 6) is 0.454. The summed E-state index contributed by atoms with van der Waals surface area (Å²) in [5.41, 5.74) is 0.933. The summed E-state index contributed by atoms with van der Waals surface area (Å²) in [6, 6.07) is 8.89. The molecule has 0 aliphatic rings. The number of hydrogen-bond donors (Lipinski definition) is 0. The summed E-state index contributed by atoms with van der Waals surface area (Å²) in [6.07, 6.45) is 1.48. The molecule has 0 saturated carbocycles. The van der Waals surface area contributed by atoms with Crippen molar-refractivity contribution in [3.63, 3.8) is 0 Å². The molecule has 0 spiro atoms. The number of aromatic nitrogens is 1. The van der Waals surface area contributed by atoms with E-state index in [2.05, 4.69) is 20.9 Å². The first-order valence-electron chi connectivity index (χ1n) is 5.26. The Morgan fingerprint density at radius 2 is 1.94 bits per heavy atom. The van der Waals surface area contributed by atoms with Gasteiger partial charge in [0.1, 0.15) is 17.0 Å². The van der Waals surface area contributed by atoms with Gasteiger partial charge >= 0.3 is 0 Å². The predicted octanol–water partition coefficient (Wildman–Crippen LogP) is 3.57. The Hall–Kier alpha value is -1.62. The summed E-state index contributed by atoms with van der Waals surface area (Å²) in [5, 5.41) is 0. The summed E-state index contributed by atoms with van der Waals surface area (Å²) in [7, 11) is 1.61. The van der Waals surface area contributed by atoms with Gasteiger partial charge in [-0.3, -0.25) is 0 Å². The van der Waals surface area contributed by atoms with E-state index >= 15 is 0 Å². The van der Waals surface area contributed by atoms with E-state index in [-0.39, 0.29) is 17.0 Å². The molecule has 5 heteroatoms. The van der Waals surface area contributed by atoms with Crippen molar-refractivity contribution in [2.45, 2.75) is 6.61 Å². The SMILES string of the molecule is COc1ccc(COc2ccnc(Br)c2F)cc1. The zero-order valence-corrected chi connectivity index (χ0v) is 11.3. The monoisotopic (exact) mass is 311 g/mol. The first kappa shape index (κ1) is 12.8. The first-order valence-corrected chi connectivity index (χ1v) is 6.05. The lowest BCUT2D eigenvalue weighted by molar-refractivity contribution is 0.288. The minimum Gasteiger partial charge on any atom is -0.497 e. The number of methoxy groups -OCH3 is 1. The van der Waals surface area contributed by atoms with Crippen LogP contribution in [-0.2, 0) is 6.61 Å². The molecule has 0 fully saturated rings. The number of nitrogens with zero attached hydrogens (tertiary/aromatic N) is 1. The number of hydrogen-bond acceptors (Lipinski definition) is 3. The van der Waals surface area contributed by atoms with Gasteiger partial charge < -0.3 is 9.47 Å². The van der Waals surface area contributed by atoms with Crippen LogP contribution in [0.1, 0.15) is 5.56 Å². The van der Waals surface area contributed by atoms with E-state index in [0.29, 0.717) is 0 Å². The molecule has 1 aromatic heterocycles. The topological polar surface area (TPSA) is 31.4 Å². The van der Waals surface area contributed by atoms with Crippen LogP contribution in [0.2, 0.25) is 0 Å². The van der Waals surface area contributed by atoms with E-state index in [1.165, 1.54) is 12.3 Å². The van der Waals surface area contributed by atoms with Crippen molar-refractivity contribution in [1.29, 1.82) is 0 Å². The molecule has 1 aromatic carbocycles. The van der Waals surface area contributed by atoms with Gasteiger partial charge in [-0.05, 0) is 33.6 Å². The largest absolute Gasteiger partial charge is 0.497 e. The van der Waals surface area contributed by atoms with Crippen LogP contribution >= 0.6 is 15.9 Å². The molecule has 3 nitrogen and oxygen atoms in total. The van der Waals surface area contributed by atoms with Crippen LogP contribution in [0.3, 0.4) is 0 Å². The Labute approximate surface area is 113 Å². The molecule has 2 aromatic rings. The molecule has 94 valence electrons. The van der Waals surface area contributed by atoms with Gasteiger partial charge in [-0.25, -0.2) is 4.98 Å². The Balaban J connectivity index is 2.04. The highest BCUT2D eigenvalue weighted by atomic mass is 79.9. The lowest BCUT2D eigenvalue weighted by atomic mass is 10.2. The minimum absolute atomic E-state index is 0.148. The van der Waals surface area contributed by atoms with E-state index in [1.807, 2.05) is 24.3 Å². The summed E-state index contributed by atoms with van der Waals surface area (Å²) in [4.78, 5) is 3.76. The Morgan fingerprint density at radius 3 is 2.61 bits per heavy atom. The van der Waals surface area contributed by atoms with Gasteiger partial charge in [0.25, 0.3) is 0 Å². The molecule has 0 amide bonds. The average Bonchev–Trinajstić information content (AvgIpc) is 2.41. The molecular formula is C13H11BrFNO2. The van der Waals surface area contributed by atoms with Crippen LogP contribution in [-0.4, -0.2) is 12.1 Å². The minimum atomic E-state index is -0.494. The van der Waals surface area contributed by atoms with Crippen molar-refractivity contribution < 1.29 is 13.9 Å². The number of benzene rings is 1. The summed E-state index contributed by atoms with van der Waals surface area (Å²) >= 11 is 3.01. The second-order valence-electron chi connectivity index (χ2n) is 3.55. The van der Waals surface area contributed by atoms with Crippen LogP contribution in [0.25, 0.3) is 0 Å². The smallest absolute Gasteiger partial charge is 0.197 e. The van der Waals surface area contributed by atoms with Gasteiger partial charge in [-0.1, -0.05) is 12.1 Å². The molecule has 0 aliphatic carbocycles. The summed E-state index contributed by atoms with van der Waals surface area (Å²) in [6.45, 7) is 0.289. The Morgan fingerprint density at radius 1 is 1.22 bits per heavy atom. The standard InChI is InChI=1S/C13H11BrFNO2/c1-17-10-4-2-9(3-5-10)8-18-11-6-7-16-13(14)12(11)15/h2-7H,8H2,1H3. The van der Waals surface area contributed by atoms with Crippen molar-refractivity contribution in [3.05, 3.63) is 52.5 Å². The zero-order valence-electron chi connectivity index (χ0n) is 9.69. The van der Waals surface area contributed by atoms with Crippen LogP contribution < -0.4 is 9.47 Å². The lowest BCUT2D eigenvalue weighted by Crippen LogP contribution is -1.98. The maximum absolute atomic E-state index is 13.6. The zero-order chi connectivity index (χ0) is 13.0. The molecule has 0 aliphatic heterocycles. The predicted molar refractivity (Wildman–Crippen MR) is 69.2 cm³/mol. The van der Waals surface area contributed by atoms with Gasteiger partial charge in [0.2, 0.25) is 0 Å². The first-order chi connectivity index (χ1) is 8.70. The molecule has 2 rings (SSSR count). The highest BCUT2D eigenvalue weighted by Gasteiger charge is 2.08. The molecule has 0 radical (unpaired) electrons. The highest BCUT2D eigenvalue weighted by molar-refractivity contribution is 9.10. The molecule has 1 heterocycles. The molecule has 0 unspecified atom stereocenters. The van der Waals surface area contributed by atoms with Gasteiger partial charge in [-0.2, -0.15) is 4.39 Å². The normalized spacial score (nSPS) is 10.2. The van der Waals surface area contributed by atoms with Gasteiger partial charge in [0.05, 0.1) is 7.11 Å². The molecule has 0 saturated heterocycles. The number of pyridine rings is 1. The third-order valence-corrected chi connectivity index (χ3v) is 2.92. The highest BCUT2D eigenvalue weighted by Crippen LogP contribution is 2.23. The maximum Gasteiger partial charge on any atom is 0.197 e.